The Labute approximate surface area is 99.1 Å². The van der Waals surface area contributed by atoms with Crippen molar-refractivity contribution in [3.63, 3.8) is 0 Å². The van der Waals surface area contributed by atoms with Crippen LogP contribution in [0.15, 0.2) is 0 Å². The Morgan fingerprint density at radius 1 is 1.38 bits per heavy atom. The van der Waals surface area contributed by atoms with E-state index in [9.17, 15) is 4.79 Å². The number of rotatable bonds is 3. The van der Waals surface area contributed by atoms with Crippen LogP contribution in [0.1, 0.15) is 53.9 Å². The molecule has 0 bridgehead atoms. The number of carbonyl (C=O) groups excluding carboxylic acids is 1. The number of amides is 1. The molecular weight excluding hydrogens is 202 g/mol. The highest BCUT2D eigenvalue weighted by Gasteiger charge is 2.41. The van der Waals surface area contributed by atoms with Gasteiger partial charge in [-0.1, -0.05) is 20.3 Å². The molecule has 3 nitrogen and oxygen atoms in total. The van der Waals surface area contributed by atoms with E-state index in [1.165, 1.54) is 0 Å². The average Bonchev–Trinajstić information content (AvgIpc) is 2.10. The van der Waals surface area contributed by atoms with E-state index in [0.29, 0.717) is 12.0 Å². The Hall–Kier alpha value is -0.730. The van der Waals surface area contributed by atoms with Gasteiger partial charge in [-0.2, -0.15) is 0 Å². The van der Waals surface area contributed by atoms with Crippen LogP contribution in [0.2, 0.25) is 0 Å². The maximum absolute atomic E-state index is 11.9. The van der Waals surface area contributed by atoms with Crippen LogP contribution in [0.3, 0.4) is 0 Å². The van der Waals surface area contributed by atoms with Crippen molar-refractivity contribution in [1.29, 1.82) is 0 Å². The van der Waals surface area contributed by atoms with Gasteiger partial charge in [-0.15, -0.1) is 0 Å². The van der Waals surface area contributed by atoms with E-state index in [-0.39, 0.29) is 11.7 Å². The highest BCUT2D eigenvalue weighted by molar-refractivity contribution is 5.69. The van der Waals surface area contributed by atoms with Crippen molar-refractivity contribution in [2.24, 2.45) is 5.92 Å². The van der Waals surface area contributed by atoms with E-state index < -0.39 is 0 Å². The summed E-state index contributed by atoms with van der Waals surface area (Å²) in [5.74, 6) is 0.674. The number of ether oxygens (including phenoxy) is 1. The first kappa shape index (κ1) is 13.3. The molecule has 1 saturated heterocycles. The van der Waals surface area contributed by atoms with Crippen molar-refractivity contribution in [1.82, 2.24) is 4.90 Å². The van der Waals surface area contributed by atoms with Gasteiger partial charge in [0.2, 0.25) is 0 Å². The van der Waals surface area contributed by atoms with Crippen molar-refractivity contribution >= 4 is 6.09 Å². The quantitative estimate of drug-likeness (QED) is 0.739. The van der Waals surface area contributed by atoms with Gasteiger partial charge in [0.05, 0.1) is 0 Å². The third-order valence-corrected chi connectivity index (χ3v) is 3.11. The van der Waals surface area contributed by atoms with E-state index in [2.05, 4.69) is 13.8 Å². The van der Waals surface area contributed by atoms with Crippen molar-refractivity contribution in [3.05, 3.63) is 0 Å². The Morgan fingerprint density at radius 3 is 2.44 bits per heavy atom. The molecule has 0 aliphatic carbocycles. The lowest BCUT2D eigenvalue weighted by molar-refractivity contribution is -0.0332. The third-order valence-electron chi connectivity index (χ3n) is 3.11. The lowest BCUT2D eigenvalue weighted by Gasteiger charge is -2.48. The van der Waals surface area contributed by atoms with Crippen molar-refractivity contribution < 1.29 is 9.53 Å². The second-order valence-electron chi connectivity index (χ2n) is 5.66. The predicted molar refractivity (Wildman–Crippen MR) is 65.4 cm³/mol. The molecule has 0 aromatic heterocycles. The van der Waals surface area contributed by atoms with E-state index in [1.807, 2.05) is 25.7 Å². The fourth-order valence-corrected chi connectivity index (χ4v) is 2.25. The topological polar surface area (TPSA) is 29.5 Å². The smallest absolute Gasteiger partial charge is 0.410 e. The van der Waals surface area contributed by atoms with Crippen LogP contribution < -0.4 is 0 Å². The molecule has 1 amide bonds. The highest BCUT2D eigenvalue weighted by Crippen LogP contribution is 2.32. The molecule has 0 spiro atoms. The summed E-state index contributed by atoms with van der Waals surface area (Å²) in [7, 11) is 0. The summed E-state index contributed by atoms with van der Waals surface area (Å²) < 4.78 is 5.40. The lowest BCUT2D eigenvalue weighted by atomic mass is 9.84. The summed E-state index contributed by atoms with van der Waals surface area (Å²) in [5, 5.41) is 0. The summed E-state index contributed by atoms with van der Waals surface area (Å²) in [6.07, 6.45) is 3.23. The molecule has 94 valence electrons. The molecule has 1 fully saturated rings. The van der Waals surface area contributed by atoms with Gasteiger partial charge in [-0.05, 0) is 39.5 Å². The van der Waals surface area contributed by atoms with E-state index in [0.717, 1.165) is 25.8 Å². The molecule has 1 aliphatic rings. The molecule has 0 aromatic rings. The zero-order chi connectivity index (χ0) is 12.3. The molecule has 16 heavy (non-hydrogen) atoms. The van der Waals surface area contributed by atoms with E-state index >= 15 is 0 Å². The molecular formula is C13H25NO2. The van der Waals surface area contributed by atoms with Crippen LogP contribution in [0.25, 0.3) is 0 Å². The summed E-state index contributed by atoms with van der Waals surface area (Å²) in [4.78, 5) is 13.8. The molecule has 2 atom stereocenters. The Morgan fingerprint density at radius 2 is 2.00 bits per heavy atom. The zero-order valence-corrected chi connectivity index (χ0v) is 11.2. The molecule has 3 heteroatoms. The monoisotopic (exact) mass is 227 g/mol. The fraction of sp³-hybridized carbons (Fsp3) is 0.923. The Balaban J connectivity index is 2.51. The largest absolute Gasteiger partial charge is 0.444 e. The standard InChI is InChI=1S/C13H25NO2/c1-6-8-11-10(7-2)9-14(11)12(15)16-13(3,4)5/h10-11H,6-9H2,1-5H3/t10-,11-/m1/s1. The number of likely N-dealkylation sites (tertiary alicyclic amines) is 1. The van der Waals surface area contributed by atoms with Gasteiger partial charge < -0.3 is 9.64 Å². The molecule has 0 saturated carbocycles. The minimum atomic E-state index is -0.384. The van der Waals surface area contributed by atoms with Gasteiger partial charge in [0, 0.05) is 12.6 Å². The first-order chi connectivity index (χ1) is 7.39. The number of nitrogens with zero attached hydrogens (tertiary/aromatic N) is 1. The van der Waals surface area contributed by atoms with Crippen LogP contribution in [0.5, 0.6) is 0 Å². The SMILES string of the molecule is CCC[C@@H]1[C@H](CC)CN1C(=O)OC(C)(C)C. The van der Waals surface area contributed by atoms with Gasteiger partial charge in [0.25, 0.3) is 0 Å². The molecule has 0 aromatic carbocycles. The Kier molecular flexibility index (Phi) is 4.22. The van der Waals surface area contributed by atoms with E-state index in [4.69, 9.17) is 4.74 Å². The molecule has 1 heterocycles. The van der Waals surface area contributed by atoms with Crippen molar-refractivity contribution in [2.45, 2.75) is 65.5 Å². The summed E-state index contributed by atoms with van der Waals surface area (Å²) in [5.41, 5.74) is -0.384. The minimum absolute atomic E-state index is 0.143. The van der Waals surface area contributed by atoms with Gasteiger partial charge in [0.1, 0.15) is 5.60 Å². The third kappa shape index (κ3) is 3.13. The van der Waals surface area contributed by atoms with Crippen molar-refractivity contribution in [2.75, 3.05) is 6.54 Å². The van der Waals surface area contributed by atoms with E-state index in [1.54, 1.807) is 0 Å². The van der Waals surface area contributed by atoms with Crippen LogP contribution in [-0.4, -0.2) is 29.2 Å². The number of hydrogen-bond acceptors (Lipinski definition) is 2. The van der Waals surface area contributed by atoms with Gasteiger partial charge in [0.15, 0.2) is 0 Å². The molecule has 0 radical (unpaired) electrons. The number of hydrogen-bond donors (Lipinski definition) is 0. The second-order valence-corrected chi connectivity index (χ2v) is 5.66. The lowest BCUT2D eigenvalue weighted by Crippen LogP contribution is -2.59. The van der Waals surface area contributed by atoms with Crippen LogP contribution in [0, 0.1) is 5.92 Å². The van der Waals surface area contributed by atoms with Crippen LogP contribution in [-0.2, 0) is 4.74 Å². The average molecular weight is 227 g/mol. The van der Waals surface area contributed by atoms with Crippen molar-refractivity contribution in [3.8, 4) is 0 Å². The molecule has 0 N–H and O–H groups in total. The predicted octanol–water partition coefficient (Wildman–Crippen LogP) is 3.43. The summed E-state index contributed by atoms with van der Waals surface area (Å²) >= 11 is 0. The first-order valence-corrected chi connectivity index (χ1v) is 6.38. The fourth-order valence-electron chi connectivity index (χ4n) is 2.25. The maximum Gasteiger partial charge on any atom is 0.410 e. The Bertz CT molecular complexity index is 245. The second kappa shape index (κ2) is 5.07. The minimum Gasteiger partial charge on any atom is -0.444 e. The molecule has 1 aliphatic heterocycles. The number of carbonyl (C=O) groups is 1. The summed E-state index contributed by atoms with van der Waals surface area (Å²) in [6.45, 7) is 11.0. The van der Waals surface area contributed by atoms with Gasteiger partial charge >= 0.3 is 6.09 Å². The highest BCUT2D eigenvalue weighted by atomic mass is 16.6. The first-order valence-electron chi connectivity index (χ1n) is 6.38. The van der Waals surface area contributed by atoms with Gasteiger partial charge in [-0.25, -0.2) is 4.79 Å². The zero-order valence-electron chi connectivity index (χ0n) is 11.2. The molecule has 0 unspecified atom stereocenters. The normalized spacial score (nSPS) is 25.2. The maximum atomic E-state index is 11.9. The van der Waals surface area contributed by atoms with Crippen LogP contribution >= 0.6 is 0 Å². The summed E-state index contributed by atoms with van der Waals surface area (Å²) in [6, 6.07) is 0.407. The van der Waals surface area contributed by atoms with Crippen LogP contribution in [0.4, 0.5) is 4.79 Å². The molecule has 1 rings (SSSR count). The van der Waals surface area contributed by atoms with Gasteiger partial charge in [-0.3, -0.25) is 0 Å².